The minimum Gasteiger partial charge on any atom is -0.357 e. The average molecular weight is 314 g/mol. The summed E-state index contributed by atoms with van der Waals surface area (Å²) in [6.45, 7) is 5.86. The molecular weight excluding hydrogens is 291 g/mol. The van der Waals surface area contributed by atoms with Gasteiger partial charge in [0.2, 0.25) is 0 Å². The van der Waals surface area contributed by atoms with Gasteiger partial charge in [0, 0.05) is 25.8 Å². The zero-order valence-corrected chi connectivity index (χ0v) is 13.9. The molecule has 0 aliphatic heterocycles. The van der Waals surface area contributed by atoms with Crippen molar-refractivity contribution in [2.45, 2.75) is 26.9 Å². The fraction of sp³-hybridized carbons (Fsp3) is 0.333. The van der Waals surface area contributed by atoms with Crippen LogP contribution in [0.2, 0.25) is 0 Å². The molecule has 2 aromatic rings. The molecule has 23 heavy (non-hydrogen) atoms. The van der Waals surface area contributed by atoms with Crippen molar-refractivity contribution in [2.24, 2.45) is 4.99 Å². The van der Waals surface area contributed by atoms with Gasteiger partial charge in [-0.2, -0.15) is 0 Å². The predicted octanol–water partition coefficient (Wildman–Crippen LogP) is 3.13. The molecule has 1 N–H and O–H groups in total. The molecular formula is C18H23FN4. The zero-order valence-electron chi connectivity index (χ0n) is 13.9. The number of hydrogen-bond donors (Lipinski definition) is 1. The third kappa shape index (κ3) is 5.36. The molecule has 0 unspecified atom stereocenters. The molecule has 0 fully saturated rings. The average Bonchev–Trinajstić information content (AvgIpc) is 2.51. The Morgan fingerprint density at radius 1 is 1.26 bits per heavy atom. The Balaban J connectivity index is 2.08. The van der Waals surface area contributed by atoms with Crippen LogP contribution in [-0.2, 0) is 13.1 Å². The van der Waals surface area contributed by atoms with Gasteiger partial charge < -0.3 is 10.2 Å². The maximum atomic E-state index is 13.3. The summed E-state index contributed by atoms with van der Waals surface area (Å²) >= 11 is 0. The first-order chi connectivity index (χ1) is 11.1. The molecule has 0 radical (unpaired) electrons. The molecule has 0 bridgehead atoms. The van der Waals surface area contributed by atoms with Gasteiger partial charge in [-0.05, 0) is 43.7 Å². The largest absolute Gasteiger partial charge is 0.357 e. The van der Waals surface area contributed by atoms with Crippen molar-refractivity contribution in [1.82, 2.24) is 15.2 Å². The highest BCUT2D eigenvalue weighted by molar-refractivity contribution is 5.79. The molecule has 0 amide bonds. The lowest BCUT2D eigenvalue weighted by Crippen LogP contribution is -2.38. The number of aromatic nitrogens is 1. The van der Waals surface area contributed by atoms with Crippen LogP contribution in [0.15, 0.2) is 47.5 Å². The molecule has 1 heterocycles. The Hall–Kier alpha value is -2.43. The number of hydrogen-bond acceptors (Lipinski definition) is 2. The van der Waals surface area contributed by atoms with Crippen LogP contribution in [0.1, 0.15) is 23.9 Å². The Morgan fingerprint density at radius 2 is 2.04 bits per heavy atom. The molecule has 0 spiro atoms. The molecule has 2 rings (SSSR count). The van der Waals surface area contributed by atoms with Crippen LogP contribution < -0.4 is 5.32 Å². The molecule has 0 saturated carbocycles. The predicted molar refractivity (Wildman–Crippen MR) is 91.7 cm³/mol. The highest BCUT2D eigenvalue weighted by Gasteiger charge is 2.07. The van der Waals surface area contributed by atoms with E-state index in [9.17, 15) is 4.39 Å². The van der Waals surface area contributed by atoms with E-state index in [0.717, 1.165) is 29.5 Å². The number of aryl methyl sites for hydroxylation is 1. The van der Waals surface area contributed by atoms with Crippen LogP contribution in [-0.4, -0.2) is 29.4 Å². The van der Waals surface area contributed by atoms with Crippen LogP contribution in [0.25, 0.3) is 0 Å². The normalized spacial score (nSPS) is 11.4. The van der Waals surface area contributed by atoms with Crippen molar-refractivity contribution in [1.29, 1.82) is 0 Å². The van der Waals surface area contributed by atoms with E-state index < -0.39 is 0 Å². The Labute approximate surface area is 137 Å². The number of rotatable bonds is 5. The van der Waals surface area contributed by atoms with Crippen molar-refractivity contribution >= 4 is 5.96 Å². The van der Waals surface area contributed by atoms with E-state index in [0.29, 0.717) is 13.1 Å². The first-order valence-corrected chi connectivity index (χ1v) is 7.75. The van der Waals surface area contributed by atoms with Crippen molar-refractivity contribution < 1.29 is 4.39 Å². The minimum atomic E-state index is -0.221. The summed E-state index contributed by atoms with van der Waals surface area (Å²) in [4.78, 5) is 11.1. The molecule has 5 heteroatoms. The Bertz CT molecular complexity index is 670. The molecule has 0 saturated heterocycles. The number of pyridine rings is 1. The summed E-state index contributed by atoms with van der Waals surface area (Å²) in [6, 6.07) is 12.5. The lowest BCUT2D eigenvalue weighted by Gasteiger charge is -2.22. The van der Waals surface area contributed by atoms with Gasteiger partial charge in [-0.1, -0.05) is 18.2 Å². The van der Waals surface area contributed by atoms with Gasteiger partial charge in [-0.25, -0.2) is 9.38 Å². The van der Waals surface area contributed by atoms with E-state index >= 15 is 0 Å². The van der Waals surface area contributed by atoms with E-state index in [4.69, 9.17) is 0 Å². The van der Waals surface area contributed by atoms with E-state index in [1.807, 2.05) is 50.1 Å². The fourth-order valence-electron chi connectivity index (χ4n) is 2.30. The second-order valence-corrected chi connectivity index (χ2v) is 5.43. The smallest absolute Gasteiger partial charge is 0.194 e. The van der Waals surface area contributed by atoms with Gasteiger partial charge >= 0.3 is 0 Å². The molecule has 0 aliphatic carbocycles. The summed E-state index contributed by atoms with van der Waals surface area (Å²) in [5.74, 6) is 0.557. The van der Waals surface area contributed by atoms with Crippen molar-refractivity contribution in [2.75, 3.05) is 13.6 Å². The number of benzene rings is 1. The molecule has 0 aliphatic rings. The summed E-state index contributed by atoms with van der Waals surface area (Å²) < 4.78 is 13.3. The first kappa shape index (κ1) is 16.9. The van der Waals surface area contributed by atoms with Crippen molar-refractivity contribution in [3.63, 3.8) is 0 Å². The van der Waals surface area contributed by atoms with Crippen LogP contribution in [0.5, 0.6) is 0 Å². The molecule has 122 valence electrons. The summed E-state index contributed by atoms with van der Waals surface area (Å²) in [6.07, 6.45) is 0. The number of halogens is 1. The lowest BCUT2D eigenvalue weighted by atomic mass is 10.2. The van der Waals surface area contributed by atoms with Gasteiger partial charge in [-0.3, -0.25) is 4.98 Å². The molecule has 0 atom stereocenters. The monoisotopic (exact) mass is 314 g/mol. The van der Waals surface area contributed by atoms with Crippen LogP contribution in [0.3, 0.4) is 0 Å². The van der Waals surface area contributed by atoms with Gasteiger partial charge in [0.1, 0.15) is 5.82 Å². The van der Waals surface area contributed by atoms with Gasteiger partial charge in [0.25, 0.3) is 0 Å². The standard InChI is InChI=1S/C18H23FN4/c1-4-20-18(21-12-17-10-5-7-14(2)22-17)23(3)13-15-8-6-9-16(19)11-15/h5-11H,4,12-13H2,1-3H3,(H,20,21). The molecule has 1 aromatic heterocycles. The van der Waals surface area contributed by atoms with E-state index in [-0.39, 0.29) is 5.82 Å². The van der Waals surface area contributed by atoms with Gasteiger partial charge in [0.05, 0.1) is 12.2 Å². The number of guanidine groups is 1. The van der Waals surface area contributed by atoms with E-state index in [1.54, 1.807) is 12.1 Å². The third-order valence-corrected chi connectivity index (χ3v) is 3.34. The lowest BCUT2D eigenvalue weighted by molar-refractivity contribution is 0.474. The Kier molecular flexibility index (Phi) is 6.09. The van der Waals surface area contributed by atoms with Crippen LogP contribution in [0.4, 0.5) is 4.39 Å². The number of nitrogens with zero attached hydrogens (tertiary/aromatic N) is 3. The van der Waals surface area contributed by atoms with E-state index in [2.05, 4.69) is 15.3 Å². The molecule has 1 aromatic carbocycles. The van der Waals surface area contributed by atoms with Crippen molar-refractivity contribution in [3.8, 4) is 0 Å². The SMILES string of the molecule is CCNC(=NCc1cccc(C)n1)N(C)Cc1cccc(F)c1. The Morgan fingerprint density at radius 3 is 2.74 bits per heavy atom. The molecule has 4 nitrogen and oxygen atoms in total. The highest BCUT2D eigenvalue weighted by atomic mass is 19.1. The summed E-state index contributed by atoms with van der Waals surface area (Å²) in [7, 11) is 1.94. The maximum absolute atomic E-state index is 13.3. The topological polar surface area (TPSA) is 40.5 Å². The highest BCUT2D eigenvalue weighted by Crippen LogP contribution is 2.07. The third-order valence-electron chi connectivity index (χ3n) is 3.34. The fourth-order valence-corrected chi connectivity index (χ4v) is 2.30. The van der Waals surface area contributed by atoms with Gasteiger partial charge in [0.15, 0.2) is 5.96 Å². The maximum Gasteiger partial charge on any atom is 0.194 e. The number of aliphatic imine (C=N–C) groups is 1. The van der Waals surface area contributed by atoms with Crippen molar-refractivity contribution in [3.05, 3.63) is 65.2 Å². The zero-order chi connectivity index (χ0) is 16.7. The van der Waals surface area contributed by atoms with Gasteiger partial charge in [-0.15, -0.1) is 0 Å². The summed E-state index contributed by atoms with van der Waals surface area (Å²) in [5.41, 5.74) is 2.82. The van der Waals surface area contributed by atoms with E-state index in [1.165, 1.54) is 6.07 Å². The summed E-state index contributed by atoms with van der Waals surface area (Å²) in [5, 5.41) is 3.26. The second kappa shape index (κ2) is 8.27. The van der Waals surface area contributed by atoms with Crippen LogP contribution >= 0.6 is 0 Å². The number of nitrogens with one attached hydrogen (secondary N) is 1. The minimum absolute atomic E-state index is 0.221. The second-order valence-electron chi connectivity index (χ2n) is 5.43. The first-order valence-electron chi connectivity index (χ1n) is 7.75. The quantitative estimate of drug-likeness (QED) is 0.681. The van der Waals surface area contributed by atoms with Crippen LogP contribution in [0, 0.1) is 12.7 Å².